The van der Waals surface area contributed by atoms with E-state index in [4.69, 9.17) is 26.4 Å². The van der Waals surface area contributed by atoms with Crippen LogP contribution in [0.15, 0.2) is 76.8 Å². The highest BCUT2D eigenvalue weighted by atomic mass is 35.5. The summed E-state index contributed by atoms with van der Waals surface area (Å²) in [6.07, 6.45) is -0.471. The minimum Gasteiger partial charge on any atom is -0.496 e. The van der Waals surface area contributed by atoms with Crippen LogP contribution in [-0.2, 0) is 10.5 Å². The van der Waals surface area contributed by atoms with Crippen LogP contribution in [0.1, 0.15) is 22.9 Å². The minimum absolute atomic E-state index is 0.204. The number of hydrazone groups is 1. The van der Waals surface area contributed by atoms with E-state index in [9.17, 15) is 4.79 Å². The number of carbonyl (C=O) groups is 1. The van der Waals surface area contributed by atoms with E-state index in [1.165, 1.54) is 11.8 Å². The van der Waals surface area contributed by atoms with E-state index >= 15 is 0 Å². The quantitative estimate of drug-likeness (QED) is 0.623. The van der Waals surface area contributed by atoms with Gasteiger partial charge in [-0.05, 0) is 47.9 Å². The summed E-state index contributed by atoms with van der Waals surface area (Å²) < 4.78 is 5.41. The van der Waals surface area contributed by atoms with Gasteiger partial charge in [-0.15, -0.1) is 5.10 Å². The second-order valence-corrected chi connectivity index (χ2v) is 9.05. The van der Waals surface area contributed by atoms with E-state index in [0.717, 1.165) is 33.0 Å². The number of methoxy groups -OCH3 is 1. The Labute approximate surface area is 200 Å². The van der Waals surface area contributed by atoms with Crippen LogP contribution in [0.4, 0.5) is 0 Å². The van der Waals surface area contributed by atoms with Gasteiger partial charge in [0.1, 0.15) is 11.4 Å². The highest BCUT2D eigenvalue weighted by molar-refractivity contribution is 8.13. The molecule has 0 spiro atoms. The lowest BCUT2D eigenvalue weighted by atomic mass is 10.1. The van der Waals surface area contributed by atoms with Gasteiger partial charge in [-0.3, -0.25) is 15.1 Å². The molecule has 0 saturated carbocycles. The summed E-state index contributed by atoms with van der Waals surface area (Å²) in [5.74, 6) is 1.18. The fourth-order valence-electron chi connectivity index (χ4n) is 3.93. The molecule has 166 valence electrons. The Bertz CT molecular complexity index is 1410. The average molecular weight is 477 g/mol. The van der Waals surface area contributed by atoms with Gasteiger partial charge in [0.15, 0.2) is 11.3 Å². The lowest BCUT2D eigenvalue weighted by Gasteiger charge is -2.34. The number of rotatable bonds is 4. The zero-order valence-electron chi connectivity index (χ0n) is 18.1. The molecule has 0 aromatic heterocycles. The first kappa shape index (κ1) is 21.6. The Kier molecular flexibility index (Phi) is 5.83. The molecular weight excluding hydrogens is 456 g/mol. The molecule has 0 radical (unpaired) electrons. The summed E-state index contributed by atoms with van der Waals surface area (Å²) in [6.45, 7) is 1.99. The molecule has 1 unspecified atom stereocenters. The Morgan fingerprint density at radius 3 is 2.70 bits per heavy atom. The average Bonchev–Trinajstić information content (AvgIpc) is 2.82. The van der Waals surface area contributed by atoms with Gasteiger partial charge in [0.2, 0.25) is 0 Å². The van der Waals surface area contributed by atoms with E-state index in [-0.39, 0.29) is 5.91 Å². The number of nitrogens with one attached hydrogen (secondary N) is 1. The maximum absolute atomic E-state index is 13.3. The number of amidine groups is 1. The maximum atomic E-state index is 13.3. The van der Waals surface area contributed by atoms with Crippen LogP contribution < -0.4 is 20.6 Å². The van der Waals surface area contributed by atoms with Gasteiger partial charge in [0.25, 0.3) is 5.91 Å². The smallest absolute Gasteiger partial charge is 0.276 e. The number of thioether (sulfide) groups is 1. The molecule has 6 nitrogen and oxygen atoms in total. The molecule has 3 aromatic carbocycles. The van der Waals surface area contributed by atoms with Gasteiger partial charge < -0.3 is 4.74 Å². The normalized spacial score (nSPS) is 16.9. The lowest BCUT2D eigenvalue weighted by Crippen LogP contribution is -2.50. The molecule has 3 aromatic rings. The van der Waals surface area contributed by atoms with Crippen molar-refractivity contribution in [1.29, 1.82) is 0 Å². The molecule has 5 rings (SSSR count). The van der Waals surface area contributed by atoms with Crippen molar-refractivity contribution in [3.8, 4) is 5.75 Å². The molecule has 2 heterocycles. The molecule has 0 saturated heterocycles. The molecule has 1 N–H and O–H groups in total. The van der Waals surface area contributed by atoms with Crippen LogP contribution in [0.25, 0.3) is 5.70 Å². The number of benzene rings is 3. The maximum Gasteiger partial charge on any atom is 0.276 e. The molecule has 0 bridgehead atoms. The van der Waals surface area contributed by atoms with Crippen LogP contribution in [0.2, 0.25) is 5.02 Å². The van der Waals surface area contributed by atoms with Crippen molar-refractivity contribution in [2.45, 2.75) is 18.8 Å². The molecule has 33 heavy (non-hydrogen) atoms. The molecule has 2 aliphatic rings. The van der Waals surface area contributed by atoms with Crippen LogP contribution in [0, 0.1) is 6.92 Å². The molecule has 1 amide bonds. The van der Waals surface area contributed by atoms with E-state index in [1.807, 2.05) is 73.7 Å². The summed E-state index contributed by atoms with van der Waals surface area (Å²) >= 11 is 7.73. The van der Waals surface area contributed by atoms with Gasteiger partial charge in [0, 0.05) is 16.0 Å². The summed E-state index contributed by atoms with van der Waals surface area (Å²) in [5.41, 5.74) is 3.38. The van der Waals surface area contributed by atoms with E-state index < -0.39 is 6.17 Å². The third-order valence-electron chi connectivity index (χ3n) is 5.55. The summed E-state index contributed by atoms with van der Waals surface area (Å²) in [6, 6.07) is 21.2. The number of hydrogen-bond acceptors (Lipinski definition) is 6. The largest absolute Gasteiger partial charge is 0.496 e. The van der Waals surface area contributed by atoms with E-state index in [0.29, 0.717) is 21.6 Å². The van der Waals surface area contributed by atoms with E-state index in [2.05, 4.69) is 5.32 Å². The Balaban J connectivity index is 1.57. The Morgan fingerprint density at radius 1 is 1.12 bits per heavy atom. The van der Waals surface area contributed by atoms with Crippen molar-refractivity contribution in [2.24, 2.45) is 10.1 Å². The number of fused-ring (bicyclic) bond motifs is 2. The third kappa shape index (κ3) is 4.10. The topological polar surface area (TPSA) is 66.3 Å². The highest BCUT2D eigenvalue weighted by Crippen LogP contribution is 2.33. The Hall–Kier alpha value is -3.29. The first-order valence-electron chi connectivity index (χ1n) is 10.4. The van der Waals surface area contributed by atoms with Crippen molar-refractivity contribution in [3.63, 3.8) is 0 Å². The van der Waals surface area contributed by atoms with E-state index in [1.54, 1.807) is 12.1 Å². The van der Waals surface area contributed by atoms with Crippen LogP contribution in [-0.4, -0.2) is 23.2 Å². The molecule has 2 aliphatic heterocycles. The van der Waals surface area contributed by atoms with Crippen LogP contribution in [0.5, 0.6) is 5.75 Å². The Morgan fingerprint density at radius 2 is 1.91 bits per heavy atom. The summed E-state index contributed by atoms with van der Waals surface area (Å²) in [4.78, 5) is 18.2. The SMILES string of the molecule is COc1ccc(C2N=c3ccccc3=C3C(=O)NC(SCc4ccccc4Cl)=NN32)cc1C. The van der Waals surface area contributed by atoms with Crippen LogP contribution in [0.3, 0.4) is 0 Å². The monoisotopic (exact) mass is 476 g/mol. The first-order valence-corrected chi connectivity index (χ1v) is 11.8. The number of carbonyl (C=O) groups excluding carboxylic acids is 1. The standard InChI is InChI=1S/C25H21ClN4O2S/c1-15-13-16(11-12-21(15)32-2)23-27-20-10-6-4-8-18(20)22-24(31)28-25(29-30(22)23)33-14-17-7-3-5-9-19(17)26/h3-13,23H,14H2,1-2H3,(H,28,29,31). The van der Waals surface area contributed by atoms with Gasteiger partial charge in [-0.1, -0.05) is 65.8 Å². The molecule has 0 fully saturated rings. The first-order chi connectivity index (χ1) is 16.0. The van der Waals surface area contributed by atoms with Crippen molar-refractivity contribution >= 4 is 40.1 Å². The highest BCUT2D eigenvalue weighted by Gasteiger charge is 2.34. The number of aryl methyl sites for hydroxylation is 1. The van der Waals surface area contributed by atoms with Crippen molar-refractivity contribution < 1.29 is 9.53 Å². The molecular formula is C25H21ClN4O2S. The van der Waals surface area contributed by atoms with Crippen LogP contribution >= 0.6 is 23.4 Å². The third-order valence-corrected chi connectivity index (χ3v) is 6.84. The fourth-order valence-corrected chi connectivity index (χ4v) is 5.07. The second-order valence-electron chi connectivity index (χ2n) is 7.68. The zero-order valence-corrected chi connectivity index (χ0v) is 19.7. The zero-order chi connectivity index (χ0) is 22.9. The lowest BCUT2D eigenvalue weighted by molar-refractivity contribution is -0.116. The number of amides is 1. The van der Waals surface area contributed by atoms with Gasteiger partial charge >= 0.3 is 0 Å². The van der Waals surface area contributed by atoms with Gasteiger partial charge in [0.05, 0.1) is 12.5 Å². The number of para-hydroxylation sites is 1. The number of hydrogen-bond donors (Lipinski definition) is 1. The van der Waals surface area contributed by atoms with Crippen molar-refractivity contribution in [1.82, 2.24) is 10.3 Å². The molecule has 8 heteroatoms. The number of nitrogens with zero attached hydrogens (tertiary/aromatic N) is 3. The summed E-state index contributed by atoms with van der Waals surface area (Å²) in [5, 5.41) is 12.2. The second kappa shape index (κ2) is 8.92. The minimum atomic E-state index is -0.471. The van der Waals surface area contributed by atoms with Gasteiger partial charge in [-0.25, -0.2) is 5.01 Å². The van der Waals surface area contributed by atoms with Crippen molar-refractivity contribution in [2.75, 3.05) is 7.11 Å². The number of ether oxygens (including phenoxy) is 1. The van der Waals surface area contributed by atoms with Crippen molar-refractivity contribution in [3.05, 3.63) is 99.0 Å². The molecule has 1 atom stereocenters. The predicted octanol–water partition coefficient (Wildman–Crippen LogP) is 3.73. The fraction of sp³-hybridized carbons (Fsp3) is 0.160. The molecule has 0 aliphatic carbocycles. The number of halogens is 1. The van der Waals surface area contributed by atoms with Gasteiger partial charge in [-0.2, -0.15) is 0 Å². The predicted molar refractivity (Wildman–Crippen MR) is 131 cm³/mol. The summed E-state index contributed by atoms with van der Waals surface area (Å²) in [7, 11) is 1.65.